The standard InChI is InChI=1S/C7H8O3/c1-3-4-6(8)5-7(9)10-2/h5H2,1-2H3. The summed E-state index contributed by atoms with van der Waals surface area (Å²) in [5, 5.41) is 0. The van der Waals surface area contributed by atoms with Gasteiger partial charge in [-0.1, -0.05) is 5.92 Å². The van der Waals surface area contributed by atoms with Gasteiger partial charge in [0.25, 0.3) is 0 Å². The molecular formula is C7H8O3. The maximum Gasteiger partial charge on any atom is 0.314 e. The number of carbonyl (C=O) groups is 2. The first-order valence-electron chi connectivity index (χ1n) is 2.73. The second-order valence-electron chi connectivity index (χ2n) is 1.55. The molecule has 0 saturated heterocycles. The topological polar surface area (TPSA) is 43.4 Å². The normalized spacial score (nSPS) is 7.40. The third kappa shape index (κ3) is 3.67. The predicted molar refractivity (Wildman–Crippen MR) is 35.1 cm³/mol. The van der Waals surface area contributed by atoms with Crippen LogP contribution in [-0.4, -0.2) is 18.9 Å². The van der Waals surface area contributed by atoms with E-state index >= 15 is 0 Å². The Labute approximate surface area is 59.4 Å². The molecule has 0 radical (unpaired) electrons. The molecule has 0 heterocycles. The second kappa shape index (κ2) is 4.57. The Bertz CT molecular complexity index is 195. The van der Waals surface area contributed by atoms with Crippen LogP contribution in [0.3, 0.4) is 0 Å². The fraction of sp³-hybridized carbons (Fsp3) is 0.429. The van der Waals surface area contributed by atoms with E-state index in [1.54, 1.807) is 0 Å². The molecular weight excluding hydrogens is 132 g/mol. The van der Waals surface area contributed by atoms with Crippen LogP contribution in [0.5, 0.6) is 0 Å². The van der Waals surface area contributed by atoms with Gasteiger partial charge in [0.1, 0.15) is 6.42 Å². The van der Waals surface area contributed by atoms with Crippen molar-refractivity contribution in [2.75, 3.05) is 7.11 Å². The summed E-state index contributed by atoms with van der Waals surface area (Å²) in [6.45, 7) is 1.54. The van der Waals surface area contributed by atoms with E-state index in [1.165, 1.54) is 14.0 Å². The number of rotatable bonds is 2. The van der Waals surface area contributed by atoms with Crippen LogP contribution in [0.15, 0.2) is 0 Å². The summed E-state index contributed by atoms with van der Waals surface area (Å²) >= 11 is 0. The number of hydrogen-bond donors (Lipinski definition) is 0. The smallest absolute Gasteiger partial charge is 0.314 e. The van der Waals surface area contributed by atoms with E-state index < -0.39 is 11.8 Å². The minimum absolute atomic E-state index is 0.253. The van der Waals surface area contributed by atoms with Crippen molar-refractivity contribution in [1.29, 1.82) is 0 Å². The van der Waals surface area contributed by atoms with Crippen LogP contribution in [-0.2, 0) is 14.3 Å². The second-order valence-corrected chi connectivity index (χ2v) is 1.55. The van der Waals surface area contributed by atoms with Crippen molar-refractivity contribution in [3.05, 3.63) is 0 Å². The Balaban J connectivity index is 3.76. The summed E-state index contributed by atoms with van der Waals surface area (Å²) in [4.78, 5) is 20.9. The molecule has 0 aliphatic heterocycles. The average Bonchev–Trinajstić information content (AvgIpc) is 1.88. The Morgan fingerprint density at radius 2 is 2.10 bits per heavy atom. The van der Waals surface area contributed by atoms with Gasteiger partial charge in [-0.05, 0) is 12.8 Å². The zero-order chi connectivity index (χ0) is 7.98. The van der Waals surface area contributed by atoms with Gasteiger partial charge >= 0.3 is 5.97 Å². The first-order chi connectivity index (χ1) is 4.70. The van der Waals surface area contributed by atoms with Crippen LogP contribution >= 0.6 is 0 Å². The number of carbonyl (C=O) groups excluding carboxylic acids is 2. The van der Waals surface area contributed by atoms with E-state index in [2.05, 4.69) is 16.6 Å². The summed E-state index contributed by atoms with van der Waals surface area (Å²) in [6.07, 6.45) is -0.253. The Kier molecular flexibility index (Phi) is 3.97. The third-order valence-electron chi connectivity index (χ3n) is 0.797. The van der Waals surface area contributed by atoms with Gasteiger partial charge < -0.3 is 4.74 Å². The Morgan fingerprint density at radius 3 is 2.50 bits per heavy atom. The molecule has 0 aromatic carbocycles. The Hall–Kier alpha value is -1.30. The highest BCUT2D eigenvalue weighted by Gasteiger charge is 2.04. The molecule has 0 aliphatic carbocycles. The highest BCUT2D eigenvalue weighted by Crippen LogP contribution is 1.84. The molecule has 0 saturated carbocycles. The molecule has 0 unspecified atom stereocenters. The van der Waals surface area contributed by atoms with Crippen molar-refractivity contribution in [2.24, 2.45) is 0 Å². The van der Waals surface area contributed by atoms with Crippen molar-refractivity contribution in [2.45, 2.75) is 13.3 Å². The van der Waals surface area contributed by atoms with Crippen LogP contribution in [0, 0.1) is 11.8 Å². The van der Waals surface area contributed by atoms with Crippen molar-refractivity contribution in [1.82, 2.24) is 0 Å². The van der Waals surface area contributed by atoms with E-state index in [1.807, 2.05) is 0 Å². The molecule has 0 bridgehead atoms. The molecule has 0 aliphatic rings. The minimum atomic E-state index is -0.548. The molecule has 0 amide bonds. The van der Waals surface area contributed by atoms with Crippen LogP contribution in [0.2, 0.25) is 0 Å². The molecule has 10 heavy (non-hydrogen) atoms. The van der Waals surface area contributed by atoms with Crippen LogP contribution < -0.4 is 0 Å². The monoisotopic (exact) mass is 140 g/mol. The SMILES string of the molecule is CC#CC(=O)CC(=O)OC. The molecule has 0 aromatic heterocycles. The highest BCUT2D eigenvalue weighted by molar-refractivity contribution is 6.05. The zero-order valence-corrected chi connectivity index (χ0v) is 5.93. The molecule has 0 spiro atoms. The summed E-state index contributed by atoms with van der Waals surface area (Å²) in [6, 6.07) is 0. The Morgan fingerprint density at radius 1 is 1.50 bits per heavy atom. The summed E-state index contributed by atoms with van der Waals surface area (Å²) in [7, 11) is 1.23. The fourth-order valence-electron chi connectivity index (χ4n) is 0.387. The first-order valence-corrected chi connectivity index (χ1v) is 2.73. The number of ketones is 1. The number of esters is 1. The fourth-order valence-corrected chi connectivity index (χ4v) is 0.387. The molecule has 0 aromatic rings. The molecule has 0 atom stereocenters. The molecule has 0 rings (SSSR count). The summed E-state index contributed by atoms with van der Waals surface area (Å²) in [5.74, 6) is 3.65. The molecule has 54 valence electrons. The van der Waals surface area contributed by atoms with Gasteiger partial charge in [0.15, 0.2) is 0 Å². The molecule has 0 N–H and O–H groups in total. The number of methoxy groups -OCH3 is 1. The number of ether oxygens (including phenoxy) is 1. The van der Waals surface area contributed by atoms with Crippen molar-refractivity contribution < 1.29 is 14.3 Å². The maximum atomic E-state index is 10.5. The van der Waals surface area contributed by atoms with E-state index in [0.717, 1.165) is 0 Å². The predicted octanol–water partition coefficient (Wildman–Crippen LogP) is 0.142. The maximum absolute atomic E-state index is 10.5. The van der Waals surface area contributed by atoms with Gasteiger partial charge in [-0.3, -0.25) is 9.59 Å². The number of Topliss-reactive ketones (excluding diaryl/α,β-unsaturated/α-hetero) is 1. The van der Waals surface area contributed by atoms with Gasteiger partial charge in [0, 0.05) is 0 Å². The average molecular weight is 140 g/mol. The van der Waals surface area contributed by atoms with Crippen molar-refractivity contribution in [3.63, 3.8) is 0 Å². The molecule has 0 fully saturated rings. The van der Waals surface area contributed by atoms with Crippen molar-refractivity contribution in [3.8, 4) is 11.8 Å². The highest BCUT2D eigenvalue weighted by atomic mass is 16.5. The molecule has 3 nitrogen and oxygen atoms in total. The van der Waals surface area contributed by atoms with E-state index in [-0.39, 0.29) is 6.42 Å². The first kappa shape index (κ1) is 8.70. The van der Waals surface area contributed by atoms with Gasteiger partial charge in [0.05, 0.1) is 7.11 Å². The zero-order valence-electron chi connectivity index (χ0n) is 5.93. The molecule has 3 heteroatoms. The minimum Gasteiger partial charge on any atom is -0.469 e. The summed E-state index contributed by atoms with van der Waals surface area (Å²) in [5.41, 5.74) is 0. The number of hydrogen-bond acceptors (Lipinski definition) is 3. The van der Waals surface area contributed by atoms with Crippen LogP contribution in [0.1, 0.15) is 13.3 Å². The van der Waals surface area contributed by atoms with Gasteiger partial charge in [-0.2, -0.15) is 0 Å². The van der Waals surface area contributed by atoms with Crippen LogP contribution in [0.4, 0.5) is 0 Å². The lowest BCUT2D eigenvalue weighted by molar-refractivity contribution is -0.142. The van der Waals surface area contributed by atoms with E-state index in [9.17, 15) is 9.59 Å². The van der Waals surface area contributed by atoms with Gasteiger partial charge in [0.2, 0.25) is 5.78 Å². The largest absolute Gasteiger partial charge is 0.469 e. The summed E-state index contributed by atoms with van der Waals surface area (Å²) < 4.78 is 4.24. The van der Waals surface area contributed by atoms with E-state index in [4.69, 9.17) is 0 Å². The third-order valence-corrected chi connectivity index (χ3v) is 0.797. The lowest BCUT2D eigenvalue weighted by Gasteiger charge is -1.90. The van der Waals surface area contributed by atoms with Gasteiger partial charge in [-0.15, -0.1) is 0 Å². The van der Waals surface area contributed by atoms with Gasteiger partial charge in [-0.25, -0.2) is 0 Å². The van der Waals surface area contributed by atoms with E-state index in [0.29, 0.717) is 0 Å². The quantitative estimate of drug-likeness (QED) is 0.237. The lowest BCUT2D eigenvalue weighted by Crippen LogP contribution is -2.06. The van der Waals surface area contributed by atoms with Crippen LogP contribution in [0.25, 0.3) is 0 Å². The van der Waals surface area contributed by atoms with Crippen molar-refractivity contribution >= 4 is 11.8 Å². The lowest BCUT2D eigenvalue weighted by atomic mass is 10.3.